The van der Waals surface area contributed by atoms with Crippen LogP contribution in [0.2, 0.25) is 5.02 Å². The summed E-state index contributed by atoms with van der Waals surface area (Å²) >= 11 is 6.31. The van der Waals surface area contributed by atoms with Crippen molar-refractivity contribution < 1.29 is 9.50 Å². The quantitative estimate of drug-likeness (QED) is 0.742. The first-order chi connectivity index (χ1) is 11.5. The Balaban J connectivity index is 2.19. The highest BCUT2D eigenvalue weighted by atomic mass is 35.5. The van der Waals surface area contributed by atoms with E-state index in [0.717, 1.165) is 0 Å². The van der Waals surface area contributed by atoms with Gasteiger partial charge in [-0.05, 0) is 30.5 Å². The van der Waals surface area contributed by atoms with E-state index in [1.807, 2.05) is 6.92 Å². The van der Waals surface area contributed by atoms with Gasteiger partial charge in [-0.15, -0.1) is 0 Å². The molecule has 0 aliphatic rings. The molecule has 0 fully saturated rings. The molecule has 1 aromatic carbocycles. The number of aliphatic hydroxyl groups is 1. The third-order valence-electron chi connectivity index (χ3n) is 4.04. The Bertz CT molecular complexity index is 918. The molecule has 0 radical (unpaired) electrons. The number of nitrogens with zero attached hydrogens (tertiary/aromatic N) is 2. The first-order valence-corrected chi connectivity index (χ1v) is 8.10. The van der Waals surface area contributed by atoms with E-state index in [1.54, 1.807) is 12.1 Å². The molecule has 2 N–H and O–H groups in total. The minimum Gasteiger partial charge on any atom is -0.393 e. The van der Waals surface area contributed by atoms with Crippen LogP contribution in [-0.4, -0.2) is 25.7 Å². The van der Waals surface area contributed by atoms with Crippen LogP contribution in [0, 0.1) is 5.82 Å². The first-order valence-electron chi connectivity index (χ1n) is 7.72. The second-order valence-corrected chi connectivity index (χ2v) is 6.02. The summed E-state index contributed by atoms with van der Waals surface area (Å²) in [6, 6.07) is 5.90. The Labute approximate surface area is 142 Å². The molecule has 1 unspecified atom stereocenters. The molecule has 2 heterocycles. The molecule has 0 saturated carbocycles. The molecule has 126 valence electrons. The molecule has 5 nitrogen and oxygen atoms in total. The van der Waals surface area contributed by atoms with Gasteiger partial charge in [-0.25, -0.2) is 14.2 Å². The maximum absolute atomic E-state index is 13.2. The second-order valence-electron chi connectivity index (χ2n) is 5.62. The lowest BCUT2D eigenvalue weighted by Crippen LogP contribution is -2.20. The van der Waals surface area contributed by atoms with Gasteiger partial charge in [-0.3, -0.25) is 9.55 Å². The van der Waals surface area contributed by atoms with E-state index < -0.39 is 6.10 Å². The standard InChI is InChI=1S/C17H17ClFN3O2/c1-2-12(23)7-8-22-15-14(10-3-5-11(19)6-4-10)13(18)9-20-16(15)21-17(22)24/h3-6,9,12,23H,2,7-8H2,1H3,(H,20,21,24). The third kappa shape index (κ3) is 3.07. The van der Waals surface area contributed by atoms with E-state index in [0.29, 0.717) is 46.7 Å². The average molecular weight is 350 g/mol. The predicted octanol–water partition coefficient (Wildman–Crippen LogP) is 3.35. The normalized spacial score (nSPS) is 12.7. The van der Waals surface area contributed by atoms with Gasteiger partial charge in [0.15, 0.2) is 5.65 Å². The summed E-state index contributed by atoms with van der Waals surface area (Å²) in [6.07, 6.45) is 2.03. The van der Waals surface area contributed by atoms with Crippen molar-refractivity contribution in [3.8, 4) is 11.1 Å². The fraction of sp³-hybridized carbons (Fsp3) is 0.294. The first kappa shape index (κ1) is 16.7. The lowest BCUT2D eigenvalue weighted by Gasteiger charge is -2.11. The number of aromatic nitrogens is 3. The van der Waals surface area contributed by atoms with Crippen LogP contribution in [0.3, 0.4) is 0 Å². The van der Waals surface area contributed by atoms with E-state index in [2.05, 4.69) is 9.97 Å². The van der Waals surface area contributed by atoms with Gasteiger partial charge in [0.2, 0.25) is 0 Å². The molecule has 7 heteroatoms. The number of imidazole rings is 1. The number of benzene rings is 1. The summed E-state index contributed by atoms with van der Waals surface area (Å²) in [7, 11) is 0. The number of H-pyrrole nitrogens is 1. The van der Waals surface area contributed by atoms with Crippen molar-refractivity contribution in [2.45, 2.75) is 32.4 Å². The Morgan fingerprint density at radius 1 is 1.38 bits per heavy atom. The third-order valence-corrected chi connectivity index (χ3v) is 4.32. The van der Waals surface area contributed by atoms with Gasteiger partial charge in [-0.1, -0.05) is 30.7 Å². The predicted molar refractivity (Wildman–Crippen MR) is 91.7 cm³/mol. The smallest absolute Gasteiger partial charge is 0.327 e. The highest BCUT2D eigenvalue weighted by molar-refractivity contribution is 6.34. The number of aliphatic hydroxyl groups excluding tert-OH is 1. The fourth-order valence-corrected chi connectivity index (χ4v) is 2.94. The number of hydrogen-bond donors (Lipinski definition) is 2. The van der Waals surface area contributed by atoms with E-state index >= 15 is 0 Å². The summed E-state index contributed by atoms with van der Waals surface area (Å²) < 4.78 is 14.7. The average Bonchev–Trinajstić information content (AvgIpc) is 2.89. The molecule has 0 spiro atoms. The van der Waals surface area contributed by atoms with E-state index in [9.17, 15) is 14.3 Å². The Morgan fingerprint density at radius 3 is 2.75 bits per heavy atom. The maximum Gasteiger partial charge on any atom is 0.327 e. The monoisotopic (exact) mass is 349 g/mol. The molecule has 1 atom stereocenters. The molecule has 0 aliphatic carbocycles. The van der Waals surface area contributed by atoms with Crippen molar-refractivity contribution >= 4 is 22.8 Å². The second kappa shape index (κ2) is 6.75. The molecule has 0 amide bonds. The minimum atomic E-state index is -0.483. The van der Waals surface area contributed by atoms with E-state index in [1.165, 1.54) is 22.9 Å². The van der Waals surface area contributed by atoms with Crippen molar-refractivity contribution in [1.82, 2.24) is 14.5 Å². The van der Waals surface area contributed by atoms with Gasteiger partial charge in [0.25, 0.3) is 0 Å². The molecule has 2 aromatic heterocycles. The molecular weight excluding hydrogens is 333 g/mol. The number of aromatic amines is 1. The Morgan fingerprint density at radius 2 is 2.08 bits per heavy atom. The highest BCUT2D eigenvalue weighted by Crippen LogP contribution is 2.33. The molecular formula is C17H17ClFN3O2. The Kier molecular flexibility index (Phi) is 4.69. The Hall–Kier alpha value is -2.18. The van der Waals surface area contributed by atoms with Crippen LogP contribution >= 0.6 is 11.6 Å². The fourth-order valence-electron chi connectivity index (χ4n) is 2.69. The lowest BCUT2D eigenvalue weighted by molar-refractivity contribution is 0.154. The highest BCUT2D eigenvalue weighted by Gasteiger charge is 2.17. The van der Waals surface area contributed by atoms with E-state index in [4.69, 9.17) is 11.6 Å². The summed E-state index contributed by atoms with van der Waals surface area (Å²) in [5, 5.41) is 10.2. The van der Waals surface area contributed by atoms with Gasteiger partial charge in [0.05, 0.1) is 16.6 Å². The van der Waals surface area contributed by atoms with Crippen molar-refractivity contribution in [3.63, 3.8) is 0 Å². The van der Waals surface area contributed by atoms with Crippen LogP contribution in [0.25, 0.3) is 22.3 Å². The van der Waals surface area contributed by atoms with Crippen molar-refractivity contribution in [1.29, 1.82) is 0 Å². The van der Waals surface area contributed by atoms with E-state index in [-0.39, 0.29) is 11.5 Å². The van der Waals surface area contributed by atoms with Gasteiger partial charge < -0.3 is 5.11 Å². The molecule has 3 aromatic rings. The van der Waals surface area contributed by atoms with Crippen LogP contribution < -0.4 is 5.69 Å². The SMILES string of the molecule is CCC(O)CCn1c(=O)[nH]c2ncc(Cl)c(-c3ccc(F)cc3)c21. The molecule has 24 heavy (non-hydrogen) atoms. The van der Waals surface area contributed by atoms with Crippen molar-refractivity contribution in [2.24, 2.45) is 0 Å². The van der Waals surface area contributed by atoms with Crippen LogP contribution in [0.1, 0.15) is 19.8 Å². The summed E-state index contributed by atoms with van der Waals surface area (Å²) in [5.41, 5.74) is 1.96. The molecule has 0 bridgehead atoms. The number of aryl methyl sites for hydroxylation is 1. The van der Waals surface area contributed by atoms with Gasteiger partial charge >= 0.3 is 5.69 Å². The molecule has 0 aliphatic heterocycles. The van der Waals surface area contributed by atoms with Crippen LogP contribution in [0.4, 0.5) is 4.39 Å². The molecule has 0 saturated heterocycles. The topological polar surface area (TPSA) is 70.9 Å². The zero-order valence-electron chi connectivity index (χ0n) is 13.1. The van der Waals surface area contributed by atoms with Gasteiger partial charge in [0, 0.05) is 18.3 Å². The number of halogens is 2. The number of fused-ring (bicyclic) bond motifs is 1. The summed E-state index contributed by atoms with van der Waals surface area (Å²) in [4.78, 5) is 19.1. The van der Waals surface area contributed by atoms with Crippen LogP contribution in [-0.2, 0) is 6.54 Å². The van der Waals surface area contributed by atoms with Crippen LogP contribution in [0.5, 0.6) is 0 Å². The summed E-state index contributed by atoms with van der Waals surface area (Å²) in [6.45, 7) is 2.22. The van der Waals surface area contributed by atoms with Crippen molar-refractivity contribution in [3.05, 3.63) is 51.8 Å². The van der Waals surface area contributed by atoms with Gasteiger partial charge in [0.1, 0.15) is 5.82 Å². The zero-order valence-corrected chi connectivity index (χ0v) is 13.8. The minimum absolute atomic E-state index is 0.313. The number of pyridine rings is 1. The number of nitrogens with one attached hydrogen (secondary N) is 1. The van der Waals surface area contributed by atoms with Gasteiger partial charge in [-0.2, -0.15) is 0 Å². The maximum atomic E-state index is 13.2. The largest absolute Gasteiger partial charge is 0.393 e. The zero-order chi connectivity index (χ0) is 17.3. The molecule has 3 rings (SSSR count). The van der Waals surface area contributed by atoms with Crippen molar-refractivity contribution in [2.75, 3.05) is 0 Å². The number of hydrogen-bond acceptors (Lipinski definition) is 3. The van der Waals surface area contributed by atoms with Crippen LogP contribution in [0.15, 0.2) is 35.3 Å². The summed E-state index contributed by atoms with van der Waals surface area (Å²) in [5.74, 6) is -0.349. The number of rotatable bonds is 5. The lowest BCUT2D eigenvalue weighted by atomic mass is 10.1.